The summed E-state index contributed by atoms with van der Waals surface area (Å²) in [5.41, 5.74) is 0.655. The molecular formula is C12H9ClO2. The molecular weight excluding hydrogens is 212 g/mol. The molecule has 0 radical (unpaired) electrons. The van der Waals surface area contributed by atoms with Crippen molar-refractivity contribution in [3.05, 3.63) is 47.0 Å². The Labute approximate surface area is 92.1 Å². The maximum atomic E-state index is 10.6. The van der Waals surface area contributed by atoms with Crippen LogP contribution in [0.25, 0.3) is 10.8 Å². The zero-order valence-electron chi connectivity index (χ0n) is 7.90. The third kappa shape index (κ3) is 2.10. The standard InChI is InChI=1S/C12H9ClO2/c13-11-6-9-4-2-1-3-8(9)5-10(11)7-12(14)15/h1-6H,7H2,(H,14,15). The lowest BCUT2D eigenvalue weighted by atomic mass is 10.1. The topological polar surface area (TPSA) is 37.3 Å². The lowest BCUT2D eigenvalue weighted by Crippen LogP contribution is -2.00. The van der Waals surface area contributed by atoms with Crippen LogP contribution in [0.1, 0.15) is 5.56 Å². The van der Waals surface area contributed by atoms with Gasteiger partial charge in [-0.15, -0.1) is 0 Å². The number of carboxylic acids is 1. The van der Waals surface area contributed by atoms with Crippen molar-refractivity contribution in [2.24, 2.45) is 0 Å². The van der Waals surface area contributed by atoms with Gasteiger partial charge in [0.2, 0.25) is 0 Å². The summed E-state index contributed by atoms with van der Waals surface area (Å²) in [6.07, 6.45) is -0.0380. The second-order valence-electron chi connectivity index (χ2n) is 3.36. The van der Waals surface area contributed by atoms with Gasteiger partial charge in [-0.2, -0.15) is 0 Å². The highest BCUT2D eigenvalue weighted by atomic mass is 35.5. The van der Waals surface area contributed by atoms with Gasteiger partial charge in [0.05, 0.1) is 6.42 Å². The molecule has 2 rings (SSSR count). The van der Waals surface area contributed by atoms with Gasteiger partial charge in [-0.25, -0.2) is 0 Å². The predicted molar refractivity (Wildman–Crippen MR) is 60.3 cm³/mol. The summed E-state index contributed by atoms with van der Waals surface area (Å²) in [6, 6.07) is 11.4. The van der Waals surface area contributed by atoms with Crippen LogP contribution in [-0.4, -0.2) is 11.1 Å². The quantitative estimate of drug-likeness (QED) is 0.844. The van der Waals surface area contributed by atoms with E-state index in [0.29, 0.717) is 10.6 Å². The minimum atomic E-state index is -0.868. The number of hydrogen-bond acceptors (Lipinski definition) is 1. The number of hydrogen-bond donors (Lipinski definition) is 1. The fourth-order valence-electron chi connectivity index (χ4n) is 1.56. The molecule has 0 unspecified atom stereocenters. The number of fused-ring (bicyclic) bond motifs is 1. The van der Waals surface area contributed by atoms with E-state index in [1.807, 2.05) is 30.3 Å². The fourth-order valence-corrected chi connectivity index (χ4v) is 1.80. The fraction of sp³-hybridized carbons (Fsp3) is 0.0833. The van der Waals surface area contributed by atoms with Gasteiger partial charge in [-0.1, -0.05) is 35.9 Å². The maximum Gasteiger partial charge on any atom is 0.307 e. The van der Waals surface area contributed by atoms with Gasteiger partial charge in [-0.3, -0.25) is 4.79 Å². The van der Waals surface area contributed by atoms with Crippen molar-refractivity contribution in [1.29, 1.82) is 0 Å². The first-order valence-corrected chi connectivity index (χ1v) is 4.93. The van der Waals surface area contributed by atoms with Crippen LogP contribution >= 0.6 is 11.6 Å². The average molecular weight is 221 g/mol. The van der Waals surface area contributed by atoms with Gasteiger partial charge in [0.15, 0.2) is 0 Å². The zero-order chi connectivity index (χ0) is 10.8. The van der Waals surface area contributed by atoms with E-state index in [4.69, 9.17) is 16.7 Å². The summed E-state index contributed by atoms with van der Waals surface area (Å²) in [4.78, 5) is 10.6. The van der Waals surface area contributed by atoms with Crippen molar-refractivity contribution in [2.75, 3.05) is 0 Å². The molecule has 0 aliphatic carbocycles. The van der Waals surface area contributed by atoms with Gasteiger partial charge >= 0.3 is 5.97 Å². The van der Waals surface area contributed by atoms with Crippen LogP contribution < -0.4 is 0 Å². The predicted octanol–water partition coefficient (Wildman–Crippen LogP) is 3.12. The average Bonchev–Trinajstić information content (AvgIpc) is 2.18. The van der Waals surface area contributed by atoms with Gasteiger partial charge in [0, 0.05) is 5.02 Å². The maximum absolute atomic E-state index is 10.6. The molecule has 0 spiro atoms. The summed E-state index contributed by atoms with van der Waals surface area (Å²) < 4.78 is 0. The van der Waals surface area contributed by atoms with Crippen LogP contribution in [0.5, 0.6) is 0 Å². The van der Waals surface area contributed by atoms with E-state index in [1.165, 1.54) is 0 Å². The van der Waals surface area contributed by atoms with Crippen molar-refractivity contribution in [3.8, 4) is 0 Å². The largest absolute Gasteiger partial charge is 0.481 e. The first-order chi connectivity index (χ1) is 7.16. The molecule has 1 N–H and O–H groups in total. The van der Waals surface area contributed by atoms with Crippen molar-refractivity contribution in [2.45, 2.75) is 6.42 Å². The van der Waals surface area contributed by atoms with Crippen molar-refractivity contribution >= 4 is 28.3 Å². The molecule has 0 saturated carbocycles. The highest BCUT2D eigenvalue weighted by Gasteiger charge is 2.06. The Bertz CT molecular complexity index is 520. The van der Waals surface area contributed by atoms with Gasteiger partial charge < -0.3 is 5.11 Å². The van der Waals surface area contributed by atoms with Crippen molar-refractivity contribution in [1.82, 2.24) is 0 Å². The molecule has 0 bridgehead atoms. The first-order valence-electron chi connectivity index (χ1n) is 4.56. The Hall–Kier alpha value is -1.54. The molecule has 3 heteroatoms. The minimum absolute atomic E-state index is 0.0380. The third-order valence-electron chi connectivity index (χ3n) is 2.26. The smallest absolute Gasteiger partial charge is 0.307 e. The lowest BCUT2D eigenvalue weighted by molar-refractivity contribution is -0.136. The first kappa shape index (κ1) is 9.99. The van der Waals surface area contributed by atoms with Gasteiger partial charge in [0.1, 0.15) is 0 Å². The highest BCUT2D eigenvalue weighted by molar-refractivity contribution is 6.32. The Kier molecular flexibility index (Phi) is 2.60. The Morgan fingerprint density at radius 3 is 2.40 bits per heavy atom. The second kappa shape index (κ2) is 3.91. The van der Waals surface area contributed by atoms with Crippen molar-refractivity contribution in [3.63, 3.8) is 0 Å². The summed E-state index contributed by atoms with van der Waals surface area (Å²) >= 11 is 5.98. The molecule has 76 valence electrons. The molecule has 2 nitrogen and oxygen atoms in total. The van der Waals surface area contributed by atoms with E-state index in [9.17, 15) is 4.79 Å². The monoisotopic (exact) mass is 220 g/mol. The number of halogens is 1. The van der Waals surface area contributed by atoms with E-state index in [1.54, 1.807) is 6.07 Å². The van der Waals surface area contributed by atoms with Crippen LogP contribution in [-0.2, 0) is 11.2 Å². The summed E-state index contributed by atoms with van der Waals surface area (Å²) in [5.74, 6) is -0.868. The van der Waals surface area contributed by atoms with E-state index in [0.717, 1.165) is 10.8 Å². The molecule has 0 saturated heterocycles. The van der Waals surface area contributed by atoms with E-state index >= 15 is 0 Å². The third-order valence-corrected chi connectivity index (χ3v) is 2.61. The second-order valence-corrected chi connectivity index (χ2v) is 3.77. The SMILES string of the molecule is O=C(O)Cc1cc2ccccc2cc1Cl. The molecule has 0 aromatic heterocycles. The Morgan fingerprint density at radius 2 is 1.80 bits per heavy atom. The number of carbonyl (C=O) groups is 1. The Balaban J connectivity index is 2.56. The number of carboxylic acid groups (broad SMARTS) is 1. The van der Waals surface area contributed by atoms with Crippen LogP contribution in [0, 0.1) is 0 Å². The lowest BCUT2D eigenvalue weighted by Gasteiger charge is -2.04. The molecule has 2 aromatic carbocycles. The van der Waals surface area contributed by atoms with Crippen LogP contribution in [0.3, 0.4) is 0 Å². The number of rotatable bonds is 2. The molecule has 0 aliphatic heterocycles. The molecule has 0 amide bonds. The molecule has 0 aliphatic rings. The van der Waals surface area contributed by atoms with Gasteiger partial charge in [0.25, 0.3) is 0 Å². The van der Waals surface area contributed by atoms with Crippen LogP contribution in [0.2, 0.25) is 5.02 Å². The molecule has 0 fully saturated rings. The summed E-state index contributed by atoms with van der Waals surface area (Å²) in [7, 11) is 0. The van der Waals surface area contributed by atoms with E-state index < -0.39 is 5.97 Å². The van der Waals surface area contributed by atoms with Crippen LogP contribution in [0.4, 0.5) is 0 Å². The van der Waals surface area contributed by atoms with Crippen LogP contribution in [0.15, 0.2) is 36.4 Å². The number of benzene rings is 2. The zero-order valence-corrected chi connectivity index (χ0v) is 8.66. The number of aliphatic carboxylic acids is 1. The van der Waals surface area contributed by atoms with E-state index in [2.05, 4.69) is 0 Å². The van der Waals surface area contributed by atoms with Gasteiger partial charge in [-0.05, 0) is 28.5 Å². The minimum Gasteiger partial charge on any atom is -0.481 e. The molecule has 15 heavy (non-hydrogen) atoms. The highest BCUT2D eigenvalue weighted by Crippen LogP contribution is 2.24. The molecule has 0 atom stereocenters. The molecule has 0 heterocycles. The summed E-state index contributed by atoms with van der Waals surface area (Å²) in [5, 5.41) is 11.3. The summed E-state index contributed by atoms with van der Waals surface area (Å²) in [6.45, 7) is 0. The van der Waals surface area contributed by atoms with Crippen molar-refractivity contribution < 1.29 is 9.90 Å². The van der Waals surface area contributed by atoms with E-state index in [-0.39, 0.29) is 6.42 Å². The molecule has 2 aromatic rings. The normalized spacial score (nSPS) is 10.5. The Morgan fingerprint density at radius 1 is 1.20 bits per heavy atom.